The summed E-state index contributed by atoms with van der Waals surface area (Å²) in [6.07, 6.45) is 3.97. The highest BCUT2D eigenvalue weighted by atomic mass is 14.1. The first kappa shape index (κ1) is 12.2. The van der Waals surface area contributed by atoms with Crippen LogP contribution in [0, 0.1) is 0 Å². The Morgan fingerprint density at radius 2 is 1.77 bits per heavy atom. The van der Waals surface area contributed by atoms with E-state index in [9.17, 15) is 0 Å². The van der Waals surface area contributed by atoms with Crippen LogP contribution in [0.2, 0.25) is 0 Å². The Morgan fingerprint density at radius 3 is 2.31 bits per heavy atom. The molecule has 1 atom stereocenters. The first-order valence-electron chi connectivity index (χ1n) is 4.89. The topological polar surface area (TPSA) is 0 Å². The zero-order chi connectivity index (χ0) is 8.81. The molecule has 0 heterocycles. The van der Waals surface area contributed by atoms with E-state index in [2.05, 4.69) is 44.2 Å². The summed E-state index contributed by atoms with van der Waals surface area (Å²) < 4.78 is 0. The Kier molecular flexibility index (Phi) is 6.30. The van der Waals surface area contributed by atoms with Crippen LogP contribution in [-0.4, -0.2) is 0 Å². The molecule has 0 amide bonds. The molecule has 0 bridgehead atoms. The van der Waals surface area contributed by atoms with E-state index in [4.69, 9.17) is 0 Å². The van der Waals surface area contributed by atoms with Gasteiger partial charge in [0.1, 0.15) is 0 Å². The van der Waals surface area contributed by atoms with Crippen LogP contribution in [-0.2, 0) is 0 Å². The third-order valence-electron chi connectivity index (χ3n) is 2.36. The summed E-state index contributed by atoms with van der Waals surface area (Å²) >= 11 is 0. The quantitative estimate of drug-likeness (QED) is 0.631. The van der Waals surface area contributed by atoms with Crippen LogP contribution in [0.15, 0.2) is 30.3 Å². The smallest absolute Gasteiger partial charge is 0.0190 e. The zero-order valence-electron chi connectivity index (χ0n) is 8.09. The van der Waals surface area contributed by atoms with Crippen molar-refractivity contribution in [2.45, 2.75) is 46.5 Å². The molecule has 0 radical (unpaired) electrons. The summed E-state index contributed by atoms with van der Waals surface area (Å²) in [6.45, 7) is 4.56. The van der Waals surface area contributed by atoms with Crippen molar-refractivity contribution >= 4 is 0 Å². The lowest BCUT2D eigenvalue weighted by atomic mass is 9.96. The van der Waals surface area contributed by atoms with Gasteiger partial charge in [0, 0.05) is 0 Å². The maximum Gasteiger partial charge on any atom is -0.0190 e. The van der Waals surface area contributed by atoms with Crippen molar-refractivity contribution in [3.8, 4) is 0 Å². The zero-order valence-corrected chi connectivity index (χ0v) is 8.09. The molecule has 0 aliphatic rings. The average molecular weight is 178 g/mol. The van der Waals surface area contributed by atoms with Gasteiger partial charge in [0.2, 0.25) is 0 Å². The van der Waals surface area contributed by atoms with Gasteiger partial charge in [0.05, 0.1) is 0 Å². The minimum atomic E-state index is 0. The molecule has 1 aromatic rings. The van der Waals surface area contributed by atoms with E-state index in [1.807, 2.05) is 0 Å². The minimum Gasteiger partial charge on any atom is -0.0776 e. The van der Waals surface area contributed by atoms with Gasteiger partial charge in [-0.2, -0.15) is 0 Å². The van der Waals surface area contributed by atoms with Crippen molar-refractivity contribution in [2.75, 3.05) is 0 Å². The second kappa shape index (κ2) is 6.71. The Hall–Kier alpha value is -0.780. The lowest BCUT2D eigenvalue weighted by molar-refractivity contribution is 0.624. The standard InChI is InChI=1S/C12H18.CH4/c1-3-4-8-11(2)12-9-6-5-7-10-12;/h5-7,9-11H,3-4,8H2,1-2H3;1H4. The van der Waals surface area contributed by atoms with Gasteiger partial charge in [-0.05, 0) is 17.9 Å². The highest BCUT2D eigenvalue weighted by molar-refractivity contribution is 5.18. The summed E-state index contributed by atoms with van der Waals surface area (Å²) in [4.78, 5) is 0. The number of hydrogen-bond donors (Lipinski definition) is 0. The number of benzene rings is 1. The highest BCUT2D eigenvalue weighted by Crippen LogP contribution is 2.20. The van der Waals surface area contributed by atoms with Crippen molar-refractivity contribution in [1.29, 1.82) is 0 Å². The number of rotatable bonds is 4. The molecular formula is C13H22. The molecule has 0 aromatic heterocycles. The van der Waals surface area contributed by atoms with Gasteiger partial charge in [0.25, 0.3) is 0 Å². The number of hydrogen-bond acceptors (Lipinski definition) is 0. The van der Waals surface area contributed by atoms with E-state index in [1.54, 1.807) is 0 Å². The fourth-order valence-electron chi connectivity index (χ4n) is 1.46. The molecule has 1 unspecified atom stereocenters. The Balaban J connectivity index is 0.00000144. The molecule has 74 valence electrons. The van der Waals surface area contributed by atoms with Crippen LogP contribution < -0.4 is 0 Å². The van der Waals surface area contributed by atoms with Gasteiger partial charge in [0.15, 0.2) is 0 Å². The number of unbranched alkanes of at least 4 members (excludes halogenated alkanes) is 1. The van der Waals surface area contributed by atoms with E-state index in [-0.39, 0.29) is 7.43 Å². The molecule has 0 saturated heterocycles. The van der Waals surface area contributed by atoms with Gasteiger partial charge in [-0.1, -0.05) is 64.4 Å². The summed E-state index contributed by atoms with van der Waals surface area (Å²) in [7, 11) is 0. The summed E-state index contributed by atoms with van der Waals surface area (Å²) in [5.41, 5.74) is 1.48. The highest BCUT2D eigenvalue weighted by Gasteiger charge is 2.02. The Bertz CT molecular complexity index is 201. The molecule has 0 nitrogen and oxygen atoms in total. The molecule has 0 N–H and O–H groups in total. The van der Waals surface area contributed by atoms with Crippen LogP contribution in [0.3, 0.4) is 0 Å². The van der Waals surface area contributed by atoms with E-state index in [0.29, 0.717) is 0 Å². The first-order valence-corrected chi connectivity index (χ1v) is 4.89. The average Bonchev–Trinajstić information content (AvgIpc) is 2.15. The van der Waals surface area contributed by atoms with Gasteiger partial charge >= 0.3 is 0 Å². The van der Waals surface area contributed by atoms with Gasteiger partial charge in [-0.3, -0.25) is 0 Å². The van der Waals surface area contributed by atoms with Crippen molar-refractivity contribution in [3.63, 3.8) is 0 Å². The largest absolute Gasteiger partial charge is 0.0776 e. The van der Waals surface area contributed by atoms with Crippen LogP contribution in [0.1, 0.15) is 52.0 Å². The van der Waals surface area contributed by atoms with Crippen molar-refractivity contribution < 1.29 is 0 Å². The lowest BCUT2D eigenvalue weighted by Crippen LogP contribution is -1.92. The molecule has 0 aliphatic carbocycles. The van der Waals surface area contributed by atoms with Crippen LogP contribution in [0.25, 0.3) is 0 Å². The minimum absolute atomic E-state index is 0. The molecule has 1 rings (SSSR count). The predicted octanol–water partition coefficient (Wildman–Crippen LogP) is 4.62. The molecule has 0 spiro atoms. The van der Waals surface area contributed by atoms with Crippen LogP contribution >= 0.6 is 0 Å². The van der Waals surface area contributed by atoms with E-state index in [1.165, 1.54) is 24.8 Å². The van der Waals surface area contributed by atoms with E-state index < -0.39 is 0 Å². The molecule has 0 saturated carbocycles. The second-order valence-electron chi connectivity index (χ2n) is 3.45. The van der Waals surface area contributed by atoms with Crippen molar-refractivity contribution in [3.05, 3.63) is 35.9 Å². The monoisotopic (exact) mass is 178 g/mol. The van der Waals surface area contributed by atoms with Crippen molar-refractivity contribution in [1.82, 2.24) is 0 Å². The third-order valence-corrected chi connectivity index (χ3v) is 2.36. The van der Waals surface area contributed by atoms with Gasteiger partial charge in [-0.15, -0.1) is 0 Å². The fourth-order valence-corrected chi connectivity index (χ4v) is 1.46. The van der Waals surface area contributed by atoms with Gasteiger partial charge < -0.3 is 0 Å². The molecular weight excluding hydrogens is 156 g/mol. The summed E-state index contributed by atoms with van der Waals surface area (Å²) in [5.74, 6) is 0.728. The summed E-state index contributed by atoms with van der Waals surface area (Å²) in [6, 6.07) is 10.8. The SMILES string of the molecule is C.CCCCC(C)c1ccccc1. The normalized spacial score (nSPS) is 11.8. The Labute approximate surface area is 83.0 Å². The third kappa shape index (κ3) is 4.12. The lowest BCUT2D eigenvalue weighted by Gasteiger charge is -2.10. The molecule has 0 heteroatoms. The molecule has 1 aromatic carbocycles. The molecule has 0 aliphatic heterocycles. The first-order chi connectivity index (χ1) is 5.84. The maximum absolute atomic E-state index is 2.31. The second-order valence-corrected chi connectivity index (χ2v) is 3.45. The molecule has 0 fully saturated rings. The molecule has 13 heavy (non-hydrogen) atoms. The predicted molar refractivity (Wildman–Crippen MR) is 61.1 cm³/mol. The Morgan fingerprint density at radius 1 is 1.15 bits per heavy atom. The van der Waals surface area contributed by atoms with Crippen LogP contribution in [0.5, 0.6) is 0 Å². The maximum atomic E-state index is 2.31. The van der Waals surface area contributed by atoms with Gasteiger partial charge in [-0.25, -0.2) is 0 Å². The summed E-state index contributed by atoms with van der Waals surface area (Å²) in [5, 5.41) is 0. The van der Waals surface area contributed by atoms with E-state index >= 15 is 0 Å². The van der Waals surface area contributed by atoms with Crippen LogP contribution in [0.4, 0.5) is 0 Å². The van der Waals surface area contributed by atoms with Crippen molar-refractivity contribution in [2.24, 2.45) is 0 Å². The fraction of sp³-hybridized carbons (Fsp3) is 0.538. The van der Waals surface area contributed by atoms with E-state index in [0.717, 1.165) is 5.92 Å².